The third-order valence-electron chi connectivity index (χ3n) is 5.20. The van der Waals surface area contributed by atoms with Crippen LogP contribution in [0.2, 0.25) is 0 Å². The van der Waals surface area contributed by atoms with Crippen molar-refractivity contribution in [2.45, 2.75) is 32.6 Å². The summed E-state index contributed by atoms with van der Waals surface area (Å²) in [5.41, 5.74) is 9.05. The number of rotatable bonds is 6. The number of nitrogens with zero attached hydrogens (tertiary/aromatic N) is 4. The zero-order valence-electron chi connectivity index (χ0n) is 17.4. The van der Waals surface area contributed by atoms with Crippen LogP contribution in [0, 0.1) is 5.92 Å². The quantitative estimate of drug-likeness (QED) is 0.832. The summed E-state index contributed by atoms with van der Waals surface area (Å²) in [6.07, 6.45) is 4.22. The predicted molar refractivity (Wildman–Crippen MR) is 114 cm³/mol. The summed E-state index contributed by atoms with van der Waals surface area (Å²) in [6.45, 7) is 7.83. The zero-order valence-corrected chi connectivity index (χ0v) is 17.4. The molecule has 1 saturated heterocycles. The zero-order chi connectivity index (χ0) is 20.3. The van der Waals surface area contributed by atoms with Crippen molar-refractivity contribution in [3.63, 3.8) is 0 Å². The van der Waals surface area contributed by atoms with Crippen molar-refractivity contribution in [2.24, 2.45) is 11.7 Å². The van der Waals surface area contributed by atoms with Gasteiger partial charge in [0.05, 0.1) is 5.69 Å². The van der Waals surface area contributed by atoms with E-state index in [1.54, 1.807) is 12.1 Å². The predicted octanol–water partition coefficient (Wildman–Crippen LogP) is 3.14. The van der Waals surface area contributed by atoms with Gasteiger partial charge >= 0.3 is 0 Å². The van der Waals surface area contributed by atoms with Crippen molar-refractivity contribution in [2.75, 3.05) is 38.6 Å². The van der Waals surface area contributed by atoms with Crippen LogP contribution in [0.5, 0.6) is 0 Å². The van der Waals surface area contributed by atoms with Crippen LogP contribution in [0.4, 0.5) is 5.95 Å². The fourth-order valence-electron chi connectivity index (χ4n) is 3.91. The molecule has 6 heteroatoms. The first-order valence-corrected chi connectivity index (χ1v) is 10.0. The van der Waals surface area contributed by atoms with Crippen molar-refractivity contribution in [1.29, 1.82) is 0 Å². The highest BCUT2D eigenvalue weighted by Gasteiger charge is 2.26. The number of aromatic nitrogens is 2. The van der Waals surface area contributed by atoms with Crippen LogP contribution in [0.25, 0.3) is 11.1 Å². The van der Waals surface area contributed by atoms with Crippen LogP contribution in [-0.2, 0) is 0 Å². The molecule has 6 nitrogen and oxygen atoms in total. The molecule has 1 fully saturated rings. The van der Waals surface area contributed by atoms with Crippen molar-refractivity contribution in [3.8, 4) is 11.1 Å². The molecule has 1 unspecified atom stereocenters. The Morgan fingerprint density at radius 2 is 2.00 bits per heavy atom. The number of piperidine rings is 1. The van der Waals surface area contributed by atoms with Gasteiger partial charge in [0.25, 0.3) is 0 Å². The van der Waals surface area contributed by atoms with Gasteiger partial charge in [-0.25, -0.2) is 9.97 Å². The molecule has 2 aromatic rings. The Morgan fingerprint density at radius 1 is 1.29 bits per heavy atom. The van der Waals surface area contributed by atoms with Crippen LogP contribution in [-0.4, -0.2) is 54.5 Å². The van der Waals surface area contributed by atoms with Crippen molar-refractivity contribution >= 4 is 11.9 Å². The normalized spacial score (nSPS) is 17.7. The maximum Gasteiger partial charge on any atom is 0.248 e. The second-order valence-corrected chi connectivity index (χ2v) is 8.30. The number of likely N-dealkylation sites (tertiary alicyclic amines) is 1. The number of carbonyl (C=O) groups excluding carboxylic acids is 1. The molecule has 2 heterocycles. The highest BCUT2D eigenvalue weighted by Crippen LogP contribution is 2.34. The van der Waals surface area contributed by atoms with E-state index in [1.165, 1.54) is 6.42 Å². The highest BCUT2D eigenvalue weighted by molar-refractivity contribution is 5.93. The average Bonchev–Trinajstić information content (AvgIpc) is 2.67. The molecule has 0 radical (unpaired) electrons. The first-order valence-electron chi connectivity index (χ1n) is 10.0. The van der Waals surface area contributed by atoms with Gasteiger partial charge in [0.2, 0.25) is 11.9 Å². The minimum absolute atomic E-state index is 0.375. The van der Waals surface area contributed by atoms with Gasteiger partial charge in [0.1, 0.15) is 0 Å². The van der Waals surface area contributed by atoms with Crippen molar-refractivity contribution in [3.05, 3.63) is 41.7 Å². The number of carbonyl (C=O) groups is 1. The van der Waals surface area contributed by atoms with Gasteiger partial charge < -0.3 is 15.5 Å². The van der Waals surface area contributed by atoms with Crippen molar-refractivity contribution in [1.82, 2.24) is 14.9 Å². The molecule has 1 aromatic carbocycles. The van der Waals surface area contributed by atoms with E-state index < -0.39 is 5.91 Å². The molecule has 0 spiro atoms. The average molecular weight is 382 g/mol. The molecule has 1 aliphatic rings. The standard InChI is InChI=1S/C22H31N5O/c1-15(2)13-27-11-5-6-18(14-27)20-19(12-24-22(25-20)26(3)4)16-7-9-17(10-8-16)21(23)28/h7-10,12,15,18H,5-6,11,13-14H2,1-4H3,(H2,23,28). The van der Waals surface area contributed by atoms with Crippen LogP contribution in [0.3, 0.4) is 0 Å². The second-order valence-electron chi connectivity index (χ2n) is 8.30. The molecule has 0 bridgehead atoms. The van der Waals surface area contributed by atoms with E-state index in [0.29, 0.717) is 17.4 Å². The monoisotopic (exact) mass is 381 g/mol. The Hall–Kier alpha value is -2.47. The first kappa shape index (κ1) is 20.3. The van der Waals surface area contributed by atoms with E-state index >= 15 is 0 Å². The lowest BCUT2D eigenvalue weighted by Crippen LogP contribution is -2.37. The molecule has 1 atom stereocenters. The molecule has 2 N–H and O–H groups in total. The van der Waals surface area contributed by atoms with E-state index in [-0.39, 0.29) is 0 Å². The molecule has 1 aliphatic heterocycles. The minimum Gasteiger partial charge on any atom is -0.366 e. The number of hydrogen-bond acceptors (Lipinski definition) is 5. The minimum atomic E-state index is -0.414. The summed E-state index contributed by atoms with van der Waals surface area (Å²) in [7, 11) is 3.93. The second kappa shape index (κ2) is 8.69. The van der Waals surface area contributed by atoms with Gasteiger partial charge in [-0.1, -0.05) is 26.0 Å². The summed E-state index contributed by atoms with van der Waals surface area (Å²) < 4.78 is 0. The Labute approximate surface area is 167 Å². The van der Waals surface area contributed by atoms with Gasteiger partial charge in [-0.05, 0) is 43.0 Å². The third kappa shape index (κ3) is 4.68. The SMILES string of the molecule is CC(C)CN1CCCC(c2nc(N(C)C)ncc2-c2ccc(C(N)=O)cc2)C1. The third-order valence-corrected chi connectivity index (χ3v) is 5.20. The molecule has 1 aromatic heterocycles. The molecular formula is C22H31N5O. The Balaban J connectivity index is 1.97. The van der Waals surface area contributed by atoms with Crippen LogP contribution in [0.1, 0.15) is 48.7 Å². The maximum absolute atomic E-state index is 11.4. The molecule has 0 saturated carbocycles. The fraction of sp³-hybridized carbons (Fsp3) is 0.500. The van der Waals surface area contributed by atoms with E-state index in [1.807, 2.05) is 37.3 Å². The number of benzene rings is 1. The smallest absolute Gasteiger partial charge is 0.248 e. The Morgan fingerprint density at radius 3 is 2.61 bits per heavy atom. The van der Waals surface area contributed by atoms with E-state index in [2.05, 4.69) is 23.7 Å². The number of primary amides is 1. The Bertz CT molecular complexity index is 816. The summed E-state index contributed by atoms with van der Waals surface area (Å²) in [6, 6.07) is 7.42. The lowest BCUT2D eigenvalue weighted by Gasteiger charge is -2.34. The van der Waals surface area contributed by atoms with Crippen molar-refractivity contribution < 1.29 is 4.79 Å². The van der Waals surface area contributed by atoms with Gasteiger partial charge in [-0.3, -0.25) is 4.79 Å². The number of amides is 1. The van der Waals surface area contributed by atoms with Gasteiger partial charge in [-0.2, -0.15) is 0 Å². The lowest BCUT2D eigenvalue weighted by atomic mass is 9.89. The number of anilines is 1. The summed E-state index contributed by atoms with van der Waals surface area (Å²) in [4.78, 5) is 25.4. The molecule has 3 rings (SSSR count). The highest BCUT2D eigenvalue weighted by atomic mass is 16.1. The summed E-state index contributed by atoms with van der Waals surface area (Å²) in [5.74, 6) is 1.35. The number of nitrogens with two attached hydrogens (primary N) is 1. The molecule has 1 amide bonds. The lowest BCUT2D eigenvalue weighted by molar-refractivity contribution is 0.100. The fourth-order valence-corrected chi connectivity index (χ4v) is 3.91. The topological polar surface area (TPSA) is 75.3 Å². The van der Waals surface area contributed by atoms with Gasteiger partial charge in [-0.15, -0.1) is 0 Å². The van der Waals surface area contributed by atoms with Gasteiger partial charge in [0.15, 0.2) is 0 Å². The largest absolute Gasteiger partial charge is 0.366 e. The molecule has 150 valence electrons. The van der Waals surface area contributed by atoms with E-state index in [4.69, 9.17) is 10.7 Å². The molecular weight excluding hydrogens is 350 g/mol. The number of hydrogen-bond donors (Lipinski definition) is 1. The van der Waals surface area contributed by atoms with Crippen LogP contribution in [0.15, 0.2) is 30.5 Å². The molecule has 0 aliphatic carbocycles. The van der Waals surface area contributed by atoms with E-state index in [9.17, 15) is 4.79 Å². The Kier molecular flexibility index (Phi) is 6.29. The summed E-state index contributed by atoms with van der Waals surface area (Å²) in [5, 5.41) is 0. The first-order chi connectivity index (χ1) is 13.3. The summed E-state index contributed by atoms with van der Waals surface area (Å²) >= 11 is 0. The van der Waals surface area contributed by atoms with Crippen LogP contribution < -0.4 is 10.6 Å². The van der Waals surface area contributed by atoms with Crippen LogP contribution >= 0.6 is 0 Å². The van der Waals surface area contributed by atoms with Gasteiger partial charge in [0, 0.05) is 50.4 Å². The molecule has 28 heavy (non-hydrogen) atoms. The van der Waals surface area contributed by atoms with E-state index in [0.717, 1.165) is 48.8 Å². The maximum atomic E-state index is 11.4.